The van der Waals surface area contributed by atoms with Crippen LogP contribution in [0.3, 0.4) is 0 Å². The number of carbonyl (C=O) groups excluding carboxylic acids is 2. The zero-order valence-corrected chi connectivity index (χ0v) is 20.3. The number of hydrogen-bond acceptors (Lipinski definition) is 7. The Morgan fingerprint density at radius 1 is 1.00 bits per heavy atom. The lowest BCUT2D eigenvalue weighted by Crippen LogP contribution is -2.18. The Hall–Kier alpha value is -3.87. The summed E-state index contributed by atoms with van der Waals surface area (Å²) in [4.78, 5) is 30.0. The Morgan fingerprint density at radius 2 is 1.80 bits per heavy atom. The molecule has 0 radical (unpaired) electrons. The molecule has 1 aliphatic carbocycles. The number of rotatable bonds is 9. The van der Waals surface area contributed by atoms with E-state index in [4.69, 9.17) is 23.9 Å². The second-order valence-corrected chi connectivity index (χ2v) is 8.27. The van der Waals surface area contributed by atoms with Crippen LogP contribution in [0.2, 0.25) is 0 Å². The molecule has 7 nitrogen and oxygen atoms in total. The molecule has 0 amide bonds. The van der Waals surface area contributed by atoms with Crippen molar-refractivity contribution in [2.45, 2.75) is 32.6 Å². The molecule has 0 saturated heterocycles. The van der Waals surface area contributed by atoms with Gasteiger partial charge in [0.2, 0.25) is 0 Å². The largest absolute Gasteiger partial charge is 0.493 e. The smallest absolute Gasteiger partial charge is 0.344 e. The topological polar surface area (TPSA) is 84.0 Å². The number of allylic oxidation sites excluding steroid dienone is 1. The van der Waals surface area contributed by atoms with Gasteiger partial charge in [-0.25, -0.2) is 14.6 Å². The number of fused-ring (bicyclic) bond motifs is 2. The monoisotopic (exact) mass is 475 g/mol. The second kappa shape index (κ2) is 11.0. The first-order valence-corrected chi connectivity index (χ1v) is 11.7. The van der Waals surface area contributed by atoms with Crippen molar-refractivity contribution in [3.05, 3.63) is 64.8 Å². The summed E-state index contributed by atoms with van der Waals surface area (Å²) in [5.74, 6) is 0.209. The van der Waals surface area contributed by atoms with E-state index in [1.807, 2.05) is 49.4 Å². The lowest BCUT2D eigenvalue weighted by molar-refractivity contribution is -0.147. The lowest BCUT2D eigenvalue weighted by atomic mass is 10.0. The molecular weight excluding hydrogens is 446 g/mol. The van der Waals surface area contributed by atoms with Gasteiger partial charge in [0.15, 0.2) is 18.1 Å². The van der Waals surface area contributed by atoms with Crippen molar-refractivity contribution in [3.8, 4) is 11.5 Å². The first kappa shape index (κ1) is 24.3. The maximum absolute atomic E-state index is 13.2. The molecule has 0 spiro atoms. The fourth-order valence-electron chi connectivity index (χ4n) is 4.22. The Morgan fingerprint density at radius 3 is 2.57 bits per heavy atom. The zero-order chi connectivity index (χ0) is 24.8. The summed E-state index contributed by atoms with van der Waals surface area (Å²) in [6.07, 6.45) is 5.12. The van der Waals surface area contributed by atoms with Gasteiger partial charge in [-0.3, -0.25) is 0 Å². The van der Waals surface area contributed by atoms with Gasteiger partial charge in [0.25, 0.3) is 0 Å². The van der Waals surface area contributed by atoms with Crippen LogP contribution in [0.1, 0.15) is 53.4 Å². The van der Waals surface area contributed by atoms with Crippen LogP contribution in [-0.2, 0) is 20.7 Å². The summed E-state index contributed by atoms with van der Waals surface area (Å²) in [5, 5.41) is 0.711. The van der Waals surface area contributed by atoms with Crippen molar-refractivity contribution < 1.29 is 28.5 Å². The molecule has 35 heavy (non-hydrogen) atoms. The van der Waals surface area contributed by atoms with E-state index in [0.717, 1.165) is 41.7 Å². The number of pyridine rings is 1. The number of benzene rings is 2. The fraction of sp³-hybridized carbons (Fsp3) is 0.321. The first-order chi connectivity index (χ1) is 17.0. The molecule has 4 rings (SSSR count). The first-order valence-electron chi connectivity index (χ1n) is 11.7. The van der Waals surface area contributed by atoms with Crippen molar-refractivity contribution in [1.82, 2.24) is 4.98 Å². The minimum Gasteiger partial charge on any atom is -0.493 e. The van der Waals surface area contributed by atoms with Crippen LogP contribution in [-0.4, -0.2) is 44.4 Å². The van der Waals surface area contributed by atoms with E-state index in [-0.39, 0.29) is 0 Å². The number of aromatic nitrogens is 1. The van der Waals surface area contributed by atoms with E-state index in [9.17, 15) is 9.59 Å². The molecule has 0 N–H and O–H groups in total. The molecule has 1 heterocycles. The third-order valence-corrected chi connectivity index (χ3v) is 5.98. The normalized spacial score (nSPS) is 13.5. The molecule has 0 bridgehead atoms. The molecule has 0 saturated carbocycles. The van der Waals surface area contributed by atoms with E-state index >= 15 is 0 Å². The van der Waals surface area contributed by atoms with Crippen LogP contribution in [0.25, 0.3) is 22.6 Å². The number of methoxy groups -OCH3 is 2. The molecule has 3 aromatic rings. The van der Waals surface area contributed by atoms with Gasteiger partial charge in [-0.15, -0.1) is 0 Å². The van der Waals surface area contributed by atoms with Crippen molar-refractivity contribution >= 4 is 34.5 Å². The number of esters is 2. The average Bonchev–Trinajstić information content (AvgIpc) is 3.27. The molecule has 1 aliphatic rings. The number of para-hydroxylation sites is 1. The maximum Gasteiger partial charge on any atom is 0.344 e. The number of unbranched alkanes of at least 4 members (excludes halogenated alkanes) is 1. The lowest BCUT2D eigenvalue weighted by Gasteiger charge is -2.12. The molecular formula is C28H29NO6. The quantitative estimate of drug-likeness (QED) is 0.309. The second-order valence-electron chi connectivity index (χ2n) is 8.27. The highest BCUT2D eigenvalue weighted by molar-refractivity contribution is 6.07. The standard InChI is InChI=1S/C28H29NO6/c1-4-5-14-34-25(30)17-35-28(31)26-20-8-6-7-9-22(20)29-27-19(11-12-21(26)27)15-18-10-13-23(32-2)24(16-18)33-3/h6-10,13,15-16H,4-5,11-12,14,17H2,1-3H3/b19-15+. The SMILES string of the molecule is CCCCOC(=O)COC(=O)c1c2c(nc3ccccc13)/C(=C/c1ccc(OC)c(OC)c1)CC2. The summed E-state index contributed by atoms with van der Waals surface area (Å²) in [6, 6.07) is 13.2. The van der Waals surface area contributed by atoms with Crippen molar-refractivity contribution in [1.29, 1.82) is 0 Å². The van der Waals surface area contributed by atoms with E-state index < -0.39 is 18.5 Å². The molecule has 0 atom stereocenters. The highest BCUT2D eigenvalue weighted by Crippen LogP contribution is 2.38. The fourth-order valence-corrected chi connectivity index (χ4v) is 4.22. The number of hydrogen-bond donors (Lipinski definition) is 0. The van der Waals surface area contributed by atoms with Crippen LogP contribution < -0.4 is 9.47 Å². The van der Waals surface area contributed by atoms with E-state index in [0.29, 0.717) is 41.0 Å². The third-order valence-electron chi connectivity index (χ3n) is 5.98. The van der Waals surface area contributed by atoms with Gasteiger partial charge in [0.1, 0.15) is 0 Å². The van der Waals surface area contributed by atoms with Crippen LogP contribution in [0, 0.1) is 0 Å². The number of carbonyl (C=O) groups is 2. The Labute approximate surface area is 204 Å². The molecule has 2 aromatic carbocycles. The summed E-state index contributed by atoms with van der Waals surface area (Å²) in [5.41, 5.74) is 4.73. The highest BCUT2D eigenvalue weighted by Gasteiger charge is 2.28. The van der Waals surface area contributed by atoms with Crippen LogP contribution in [0.5, 0.6) is 11.5 Å². The van der Waals surface area contributed by atoms with Gasteiger partial charge in [0.05, 0.1) is 37.6 Å². The van der Waals surface area contributed by atoms with Crippen LogP contribution >= 0.6 is 0 Å². The predicted molar refractivity (Wildman–Crippen MR) is 134 cm³/mol. The van der Waals surface area contributed by atoms with E-state index in [2.05, 4.69) is 6.08 Å². The minimum atomic E-state index is -0.546. The molecule has 1 aromatic heterocycles. The maximum atomic E-state index is 13.2. The highest BCUT2D eigenvalue weighted by atomic mass is 16.6. The van der Waals surface area contributed by atoms with Crippen LogP contribution in [0.4, 0.5) is 0 Å². The summed E-state index contributed by atoms with van der Waals surface area (Å²) in [7, 11) is 3.20. The Bertz CT molecular complexity index is 1280. The van der Waals surface area contributed by atoms with E-state index in [1.165, 1.54) is 0 Å². The predicted octanol–water partition coefficient (Wildman–Crippen LogP) is 5.24. The van der Waals surface area contributed by atoms with Gasteiger partial charge in [-0.1, -0.05) is 37.6 Å². The van der Waals surface area contributed by atoms with E-state index in [1.54, 1.807) is 14.2 Å². The summed E-state index contributed by atoms with van der Waals surface area (Å²) >= 11 is 0. The van der Waals surface area contributed by atoms with Gasteiger partial charge >= 0.3 is 11.9 Å². The van der Waals surface area contributed by atoms with Crippen molar-refractivity contribution in [2.75, 3.05) is 27.4 Å². The third kappa shape index (κ3) is 5.29. The van der Waals surface area contributed by atoms with Crippen molar-refractivity contribution in [3.63, 3.8) is 0 Å². The van der Waals surface area contributed by atoms with Crippen molar-refractivity contribution in [2.24, 2.45) is 0 Å². The molecule has 182 valence electrons. The number of nitrogens with zero attached hydrogens (tertiary/aromatic N) is 1. The molecule has 0 aliphatic heterocycles. The van der Waals surface area contributed by atoms with Gasteiger partial charge < -0.3 is 18.9 Å². The van der Waals surface area contributed by atoms with Gasteiger partial charge in [0, 0.05) is 5.39 Å². The van der Waals surface area contributed by atoms with Gasteiger partial charge in [-0.2, -0.15) is 0 Å². The average molecular weight is 476 g/mol. The van der Waals surface area contributed by atoms with Crippen LogP contribution in [0.15, 0.2) is 42.5 Å². The minimum absolute atomic E-state index is 0.324. The Kier molecular flexibility index (Phi) is 7.65. The molecule has 0 unspecified atom stereocenters. The summed E-state index contributed by atoms with van der Waals surface area (Å²) < 4.78 is 21.2. The van der Waals surface area contributed by atoms with Gasteiger partial charge in [-0.05, 0) is 60.2 Å². The molecule has 0 fully saturated rings. The molecule has 7 heteroatoms. The Balaban J connectivity index is 1.67. The summed E-state index contributed by atoms with van der Waals surface area (Å²) in [6.45, 7) is 1.92. The number of ether oxygens (including phenoxy) is 4. The zero-order valence-electron chi connectivity index (χ0n) is 20.3.